The molecular weight excluding hydrogens is 210 g/mol. The van der Waals surface area contributed by atoms with E-state index >= 15 is 0 Å². The van der Waals surface area contributed by atoms with Crippen LogP contribution in [0.15, 0.2) is 23.1 Å². The van der Waals surface area contributed by atoms with E-state index < -0.39 is 15.0 Å². The van der Waals surface area contributed by atoms with Crippen LogP contribution in [0.1, 0.15) is 0 Å². The monoisotopic (exact) mass is 215 g/mol. The maximum absolute atomic E-state index is 10.6. The van der Waals surface area contributed by atoms with E-state index in [1.165, 1.54) is 6.26 Å². The first-order valence-electron chi connectivity index (χ1n) is 3.31. The zero-order valence-corrected chi connectivity index (χ0v) is 7.52. The molecule has 0 radical (unpaired) electrons. The van der Waals surface area contributed by atoms with Crippen molar-refractivity contribution in [3.8, 4) is 17.8 Å². The van der Waals surface area contributed by atoms with Gasteiger partial charge in [-0.3, -0.25) is 4.55 Å². The Bertz CT molecular complexity index is 487. The standard InChI is InChI=1S/C7H5NO5S/c8-4-13-7-3-5(14(10,11)12)1-2-6(7)9/h1-3,9H,(H,10,11,12). The Hall–Kier alpha value is -1.78. The third kappa shape index (κ3) is 2.12. The molecular formula is C7H5NO5S. The summed E-state index contributed by atoms with van der Waals surface area (Å²) in [7, 11) is -4.36. The van der Waals surface area contributed by atoms with Crippen LogP contribution in [0.3, 0.4) is 0 Å². The summed E-state index contributed by atoms with van der Waals surface area (Å²) in [5, 5.41) is 17.2. The average molecular weight is 215 g/mol. The Morgan fingerprint density at radius 3 is 2.57 bits per heavy atom. The Kier molecular flexibility index (Phi) is 2.60. The van der Waals surface area contributed by atoms with Gasteiger partial charge in [-0.05, 0) is 12.1 Å². The fourth-order valence-electron chi connectivity index (χ4n) is 0.786. The highest BCUT2D eigenvalue weighted by molar-refractivity contribution is 7.85. The van der Waals surface area contributed by atoms with Gasteiger partial charge in [0.1, 0.15) is 0 Å². The molecule has 1 rings (SSSR count). The molecule has 74 valence electrons. The zero-order valence-electron chi connectivity index (χ0n) is 6.71. The third-order valence-electron chi connectivity index (χ3n) is 1.38. The summed E-state index contributed by atoms with van der Waals surface area (Å²) in [6.07, 6.45) is 1.27. The SMILES string of the molecule is N#COc1cc(S(=O)(=O)O)ccc1O. The van der Waals surface area contributed by atoms with E-state index in [2.05, 4.69) is 4.74 Å². The second kappa shape index (κ2) is 3.53. The van der Waals surface area contributed by atoms with E-state index in [0.29, 0.717) is 0 Å². The number of hydrogen-bond donors (Lipinski definition) is 2. The molecule has 1 aromatic rings. The minimum atomic E-state index is -4.36. The van der Waals surface area contributed by atoms with Gasteiger partial charge in [-0.25, -0.2) is 0 Å². The largest absolute Gasteiger partial charge is 0.504 e. The van der Waals surface area contributed by atoms with Gasteiger partial charge in [0.05, 0.1) is 4.90 Å². The average Bonchev–Trinajstić information content (AvgIpc) is 2.07. The maximum atomic E-state index is 10.6. The smallest absolute Gasteiger partial charge is 0.294 e. The number of aromatic hydroxyl groups is 1. The van der Waals surface area contributed by atoms with Gasteiger partial charge in [0.2, 0.25) is 0 Å². The van der Waals surface area contributed by atoms with Gasteiger partial charge >= 0.3 is 0 Å². The highest BCUT2D eigenvalue weighted by Gasteiger charge is 2.13. The van der Waals surface area contributed by atoms with Gasteiger partial charge in [-0.2, -0.15) is 8.42 Å². The first-order chi connectivity index (χ1) is 6.45. The van der Waals surface area contributed by atoms with Crippen molar-refractivity contribution in [3.05, 3.63) is 18.2 Å². The molecule has 0 aliphatic carbocycles. The van der Waals surface area contributed by atoms with E-state index in [4.69, 9.17) is 14.9 Å². The van der Waals surface area contributed by atoms with Gasteiger partial charge in [0, 0.05) is 6.07 Å². The van der Waals surface area contributed by atoms with Crippen LogP contribution < -0.4 is 4.74 Å². The lowest BCUT2D eigenvalue weighted by Crippen LogP contribution is -1.98. The van der Waals surface area contributed by atoms with E-state index in [1.54, 1.807) is 0 Å². The number of ether oxygens (including phenoxy) is 1. The molecule has 2 N–H and O–H groups in total. The lowest BCUT2D eigenvalue weighted by molar-refractivity contribution is 0.418. The van der Waals surface area contributed by atoms with Crippen molar-refractivity contribution in [3.63, 3.8) is 0 Å². The molecule has 0 aliphatic heterocycles. The molecule has 0 saturated heterocycles. The molecule has 0 fully saturated rings. The minimum absolute atomic E-state index is 0.331. The Morgan fingerprint density at radius 1 is 1.43 bits per heavy atom. The van der Waals surface area contributed by atoms with Crippen LogP contribution in [-0.4, -0.2) is 18.1 Å². The predicted molar refractivity (Wildman–Crippen MR) is 44.2 cm³/mol. The summed E-state index contributed by atoms with van der Waals surface area (Å²) in [5.74, 6) is -0.721. The number of nitrogens with zero attached hydrogens (tertiary/aromatic N) is 1. The first-order valence-corrected chi connectivity index (χ1v) is 4.75. The summed E-state index contributed by atoms with van der Waals surface area (Å²) in [6, 6.07) is 2.82. The van der Waals surface area contributed by atoms with Gasteiger partial charge in [-0.15, -0.1) is 5.26 Å². The van der Waals surface area contributed by atoms with Crippen molar-refractivity contribution in [1.29, 1.82) is 5.26 Å². The van der Waals surface area contributed by atoms with Crippen LogP contribution in [-0.2, 0) is 10.1 Å². The number of phenolic OH excluding ortho intramolecular Hbond substituents is 1. The van der Waals surface area contributed by atoms with E-state index in [-0.39, 0.29) is 11.5 Å². The number of hydrogen-bond acceptors (Lipinski definition) is 5. The molecule has 6 nitrogen and oxygen atoms in total. The molecule has 1 aromatic carbocycles. The Morgan fingerprint density at radius 2 is 2.07 bits per heavy atom. The number of phenols is 1. The summed E-state index contributed by atoms with van der Waals surface area (Å²) in [4.78, 5) is -0.458. The summed E-state index contributed by atoms with van der Waals surface area (Å²) < 4.78 is 34.1. The van der Waals surface area contributed by atoms with Crippen LogP contribution in [0.25, 0.3) is 0 Å². The molecule has 0 saturated carbocycles. The zero-order chi connectivity index (χ0) is 10.8. The summed E-state index contributed by atoms with van der Waals surface area (Å²) in [6.45, 7) is 0. The predicted octanol–water partition coefficient (Wildman–Crippen LogP) is 0.499. The molecule has 0 bridgehead atoms. The van der Waals surface area contributed by atoms with Crippen LogP contribution in [0.4, 0.5) is 0 Å². The van der Waals surface area contributed by atoms with Crippen molar-refractivity contribution in [2.24, 2.45) is 0 Å². The second-order valence-corrected chi connectivity index (χ2v) is 3.72. The van der Waals surface area contributed by atoms with Crippen LogP contribution in [0, 0.1) is 11.5 Å². The number of benzene rings is 1. The van der Waals surface area contributed by atoms with Crippen molar-refractivity contribution >= 4 is 10.1 Å². The van der Waals surface area contributed by atoms with Gasteiger partial charge in [-0.1, -0.05) is 0 Å². The van der Waals surface area contributed by atoms with Crippen LogP contribution in [0.2, 0.25) is 0 Å². The van der Waals surface area contributed by atoms with E-state index in [9.17, 15) is 8.42 Å². The third-order valence-corrected chi connectivity index (χ3v) is 2.23. The fraction of sp³-hybridized carbons (Fsp3) is 0. The highest BCUT2D eigenvalue weighted by atomic mass is 32.2. The van der Waals surface area contributed by atoms with Crippen molar-refractivity contribution in [1.82, 2.24) is 0 Å². The Labute approximate surface area is 79.7 Å². The maximum Gasteiger partial charge on any atom is 0.294 e. The van der Waals surface area contributed by atoms with Gasteiger partial charge in [0.25, 0.3) is 16.4 Å². The van der Waals surface area contributed by atoms with Crippen LogP contribution >= 0.6 is 0 Å². The molecule has 0 aliphatic rings. The molecule has 0 amide bonds. The molecule has 0 unspecified atom stereocenters. The number of rotatable bonds is 2. The van der Waals surface area contributed by atoms with Gasteiger partial charge < -0.3 is 9.84 Å². The topological polar surface area (TPSA) is 108 Å². The molecule has 0 spiro atoms. The fourth-order valence-corrected chi connectivity index (χ4v) is 1.28. The molecule has 14 heavy (non-hydrogen) atoms. The highest BCUT2D eigenvalue weighted by Crippen LogP contribution is 2.28. The van der Waals surface area contributed by atoms with Crippen molar-refractivity contribution in [2.75, 3.05) is 0 Å². The number of nitriles is 1. The molecule has 0 heterocycles. The Balaban J connectivity index is 3.28. The molecule has 0 aromatic heterocycles. The lowest BCUT2D eigenvalue weighted by Gasteiger charge is -2.01. The second-order valence-electron chi connectivity index (χ2n) is 2.30. The van der Waals surface area contributed by atoms with Gasteiger partial charge in [0.15, 0.2) is 11.5 Å². The lowest BCUT2D eigenvalue weighted by atomic mass is 10.3. The summed E-state index contributed by atoms with van der Waals surface area (Å²) >= 11 is 0. The first kappa shape index (κ1) is 10.3. The van der Waals surface area contributed by atoms with Crippen LogP contribution in [0.5, 0.6) is 11.5 Å². The van der Waals surface area contributed by atoms with Crippen molar-refractivity contribution in [2.45, 2.75) is 4.90 Å². The minimum Gasteiger partial charge on any atom is -0.504 e. The molecule has 7 heteroatoms. The molecule has 0 atom stereocenters. The normalized spacial score (nSPS) is 10.6. The quantitative estimate of drug-likeness (QED) is 0.549. The van der Waals surface area contributed by atoms with E-state index in [0.717, 1.165) is 18.2 Å². The van der Waals surface area contributed by atoms with E-state index in [1.807, 2.05) is 0 Å². The van der Waals surface area contributed by atoms with Crippen molar-refractivity contribution < 1.29 is 22.8 Å². The summed E-state index contributed by atoms with van der Waals surface area (Å²) in [5.41, 5.74) is 0.